The highest BCUT2D eigenvalue weighted by Crippen LogP contribution is 2.24. The normalized spacial score (nSPS) is 10.9. The fourth-order valence-corrected chi connectivity index (χ4v) is 1.77. The number of hydrogen-bond acceptors (Lipinski definition) is 3. The maximum Gasteiger partial charge on any atom is 0.328 e. The Morgan fingerprint density at radius 3 is 2.85 bits per heavy atom. The first kappa shape index (κ1) is 13.9. The number of carboxylic acids is 1. The van der Waals surface area contributed by atoms with Crippen LogP contribution in [-0.4, -0.2) is 20.9 Å². The fourth-order valence-electron chi connectivity index (χ4n) is 1.77. The number of aryl methyl sites for hydroxylation is 2. The molecule has 0 fully saturated rings. The van der Waals surface area contributed by atoms with Gasteiger partial charge in [-0.1, -0.05) is 6.07 Å². The lowest BCUT2D eigenvalue weighted by Crippen LogP contribution is -1.92. The van der Waals surface area contributed by atoms with Crippen LogP contribution in [-0.2, 0) is 11.3 Å². The minimum absolute atomic E-state index is 0.681. The molecule has 2 rings (SSSR count). The van der Waals surface area contributed by atoms with Crippen LogP contribution in [0.1, 0.15) is 18.1 Å². The molecular formula is C15H16N2O3. The molecule has 1 heterocycles. The maximum atomic E-state index is 10.5. The molecule has 0 saturated heterocycles. The van der Waals surface area contributed by atoms with Crippen molar-refractivity contribution in [2.24, 2.45) is 0 Å². The van der Waals surface area contributed by atoms with E-state index in [1.165, 1.54) is 0 Å². The summed E-state index contributed by atoms with van der Waals surface area (Å²) in [5, 5.41) is 12.8. The van der Waals surface area contributed by atoms with E-state index in [-0.39, 0.29) is 0 Å². The molecule has 104 valence electrons. The standard InChI is InChI=1S/C15H16N2O3/c1-3-17-10-14(9-16-17)20-13-6-4-12(11(2)8-13)5-7-15(18)19/h4-10H,3H2,1-2H3,(H,18,19)/b7-5+. The smallest absolute Gasteiger partial charge is 0.328 e. The van der Waals surface area contributed by atoms with E-state index in [0.29, 0.717) is 11.5 Å². The molecule has 0 radical (unpaired) electrons. The summed E-state index contributed by atoms with van der Waals surface area (Å²) >= 11 is 0. The highest BCUT2D eigenvalue weighted by Gasteiger charge is 2.03. The third-order valence-corrected chi connectivity index (χ3v) is 2.82. The second kappa shape index (κ2) is 6.06. The zero-order valence-electron chi connectivity index (χ0n) is 11.4. The Morgan fingerprint density at radius 2 is 2.25 bits per heavy atom. The quantitative estimate of drug-likeness (QED) is 0.849. The number of aromatic nitrogens is 2. The third kappa shape index (κ3) is 3.47. The highest BCUT2D eigenvalue weighted by atomic mass is 16.5. The highest BCUT2D eigenvalue weighted by molar-refractivity contribution is 5.85. The van der Waals surface area contributed by atoms with E-state index < -0.39 is 5.97 Å². The maximum absolute atomic E-state index is 10.5. The van der Waals surface area contributed by atoms with Crippen LogP contribution >= 0.6 is 0 Å². The molecule has 1 aromatic carbocycles. The van der Waals surface area contributed by atoms with Crippen molar-refractivity contribution in [2.45, 2.75) is 20.4 Å². The Labute approximate surface area is 117 Å². The Balaban J connectivity index is 2.14. The molecule has 5 heteroatoms. The van der Waals surface area contributed by atoms with Gasteiger partial charge in [0, 0.05) is 12.6 Å². The van der Waals surface area contributed by atoms with E-state index in [4.69, 9.17) is 9.84 Å². The van der Waals surface area contributed by atoms with Gasteiger partial charge in [0.15, 0.2) is 5.75 Å². The first-order valence-corrected chi connectivity index (χ1v) is 6.30. The zero-order valence-corrected chi connectivity index (χ0v) is 11.4. The third-order valence-electron chi connectivity index (χ3n) is 2.82. The Hall–Kier alpha value is -2.56. The Morgan fingerprint density at radius 1 is 1.45 bits per heavy atom. The van der Waals surface area contributed by atoms with Gasteiger partial charge in [-0.3, -0.25) is 4.68 Å². The minimum atomic E-state index is -0.961. The SMILES string of the molecule is CCn1cc(Oc2ccc(/C=C/C(=O)O)c(C)c2)cn1. The molecule has 1 aromatic heterocycles. The second-order valence-electron chi connectivity index (χ2n) is 4.32. The summed E-state index contributed by atoms with van der Waals surface area (Å²) in [6, 6.07) is 5.50. The Bertz CT molecular complexity index is 644. The van der Waals surface area contributed by atoms with Crippen molar-refractivity contribution in [1.82, 2.24) is 9.78 Å². The molecule has 5 nitrogen and oxygen atoms in total. The lowest BCUT2D eigenvalue weighted by molar-refractivity contribution is -0.131. The van der Waals surface area contributed by atoms with Gasteiger partial charge in [-0.25, -0.2) is 4.79 Å². The van der Waals surface area contributed by atoms with Crippen molar-refractivity contribution in [1.29, 1.82) is 0 Å². The molecule has 20 heavy (non-hydrogen) atoms. The van der Waals surface area contributed by atoms with Crippen LogP contribution in [0.15, 0.2) is 36.7 Å². The van der Waals surface area contributed by atoms with Gasteiger partial charge in [0.2, 0.25) is 0 Å². The lowest BCUT2D eigenvalue weighted by Gasteiger charge is -2.06. The average molecular weight is 272 g/mol. The van der Waals surface area contributed by atoms with Crippen molar-refractivity contribution in [2.75, 3.05) is 0 Å². The number of nitrogens with zero attached hydrogens (tertiary/aromatic N) is 2. The van der Waals surface area contributed by atoms with Gasteiger partial charge < -0.3 is 9.84 Å². The first-order valence-electron chi connectivity index (χ1n) is 6.30. The van der Waals surface area contributed by atoms with Crippen LogP contribution in [0.2, 0.25) is 0 Å². The summed E-state index contributed by atoms with van der Waals surface area (Å²) in [6.07, 6.45) is 6.18. The van der Waals surface area contributed by atoms with E-state index >= 15 is 0 Å². The molecule has 1 N–H and O–H groups in total. The summed E-state index contributed by atoms with van der Waals surface area (Å²) in [4.78, 5) is 10.5. The number of hydrogen-bond donors (Lipinski definition) is 1. The molecule has 0 atom stereocenters. The van der Waals surface area contributed by atoms with Gasteiger partial charge in [0.1, 0.15) is 5.75 Å². The van der Waals surface area contributed by atoms with Crippen LogP contribution in [0.5, 0.6) is 11.5 Å². The van der Waals surface area contributed by atoms with Gasteiger partial charge in [-0.05, 0) is 43.2 Å². The van der Waals surface area contributed by atoms with Crippen LogP contribution in [0.3, 0.4) is 0 Å². The van der Waals surface area contributed by atoms with E-state index in [1.54, 1.807) is 23.0 Å². The number of carbonyl (C=O) groups is 1. The summed E-state index contributed by atoms with van der Waals surface area (Å²) in [7, 11) is 0. The first-order chi connectivity index (χ1) is 9.58. The molecule has 2 aromatic rings. The molecule has 0 unspecified atom stereocenters. The monoisotopic (exact) mass is 272 g/mol. The van der Waals surface area contributed by atoms with Gasteiger partial charge in [0.25, 0.3) is 0 Å². The Kier molecular flexibility index (Phi) is 4.20. The van der Waals surface area contributed by atoms with E-state index in [2.05, 4.69) is 5.10 Å². The topological polar surface area (TPSA) is 64.3 Å². The van der Waals surface area contributed by atoms with Crippen molar-refractivity contribution in [3.8, 4) is 11.5 Å². The molecule has 0 spiro atoms. The minimum Gasteiger partial charge on any atom is -0.478 e. The van der Waals surface area contributed by atoms with Crippen molar-refractivity contribution >= 4 is 12.0 Å². The molecule has 0 aliphatic heterocycles. The van der Waals surface area contributed by atoms with Gasteiger partial charge in [0.05, 0.1) is 12.4 Å². The van der Waals surface area contributed by atoms with Crippen molar-refractivity contribution < 1.29 is 14.6 Å². The number of carboxylic acid groups (broad SMARTS) is 1. The van der Waals surface area contributed by atoms with Crippen LogP contribution in [0.4, 0.5) is 0 Å². The predicted molar refractivity (Wildman–Crippen MR) is 75.8 cm³/mol. The van der Waals surface area contributed by atoms with Crippen LogP contribution in [0.25, 0.3) is 6.08 Å². The number of ether oxygens (including phenoxy) is 1. The largest absolute Gasteiger partial charge is 0.478 e. The summed E-state index contributed by atoms with van der Waals surface area (Å²) in [6.45, 7) is 4.70. The fraction of sp³-hybridized carbons (Fsp3) is 0.200. The second-order valence-corrected chi connectivity index (χ2v) is 4.32. The average Bonchev–Trinajstić information content (AvgIpc) is 2.85. The molecule has 0 saturated carbocycles. The van der Waals surface area contributed by atoms with Crippen molar-refractivity contribution in [3.63, 3.8) is 0 Å². The van der Waals surface area contributed by atoms with E-state index in [9.17, 15) is 4.79 Å². The molecule has 0 aliphatic carbocycles. The molecule has 0 bridgehead atoms. The van der Waals surface area contributed by atoms with E-state index in [1.807, 2.05) is 32.2 Å². The molecule has 0 aliphatic rings. The predicted octanol–water partition coefficient (Wildman–Crippen LogP) is 3.10. The van der Waals surface area contributed by atoms with Gasteiger partial charge in [-0.15, -0.1) is 0 Å². The lowest BCUT2D eigenvalue weighted by atomic mass is 10.1. The summed E-state index contributed by atoms with van der Waals surface area (Å²) < 4.78 is 7.48. The van der Waals surface area contributed by atoms with Crippen LogP contribution < -0.4 is 4.74 Å². The van der Waals surface area contributed by atoms with Gasteiger partial charge in [-0.2, -0.15) is 5.10 Å². The molecule has 0 amide bonds. The zero-order chi connectivity index (χ0) is 14.5. The summed E-state index contributed by atoms with van der Waals surface area (Å²) in [5.41, 5.74) is 1.80. The molecular weight excluding hydrogens is 256 g/mol. The van der Waals surface area contributed by atoms with Gasteiger partial charge >= 0.3 is 5.97 Å². The number of aliphatic carboxylic acids is 1. The number of benzene rings is 1. The summed E-state index contributed by atoms with van der Waals surface area (Å²) in [5.74, 6) is 0.419. The van der Waals surface area contributed by atoms with Crippen LogP contribution in [0, 0.1) is 6.92 Å². The van der Waals surface area contributed by atoms with E-state index in [0.717, 1.165) is 23.7 Å². The number of rotatable bonds is 5. The van der Waals surface area contributed by atoms with Crippen molar-refractivity contribution in [3.05, 3.63) is 47.8 Å².